The van der Waals surface area contributed by atoms with Crippen LogP contribution in [0.1, 0.15) is 94.8 Å². The molecule has 0 saturated heterocycles. The topological polar surface area (TPSA) is 38.7 Å². The standard InChI is InChI=1S/C29H40O3S/c30-29(26-25-24(17-33-26)31-3-1-2-4-32-25,27-11-18-5-19(12-27)7-20(6-18)13-27)28-14-21-8-22(15-28)10-23(9-21)16-28/h17-23,30H,1-16H2. The Morgan fingerprint density at radius 1 is 0.697 bits per heavy atom. The predicted octanol–water partition coefficient (Wildman–Crippen LogP) is 6.92. The highest BCUT2D eigenvalue weighted by atomic mass is 32.1. The third-order valence-corrected chi connectivity index (χ3v) is 12.7. The van der Waals surface area contributed by atoms with E-state index in [0.717, 1.165) is 73.1 Å². The minimum Gasteiger partial charge on any atom is -0.489 e. The van der Waals surface area contributed by atoms with Crippen LogP contribution in [-0.2, 0) is 5.60 Å². The summed E-state index contributed by atoms with van der Waals surface area (Å²) < 4.78 is 12.7. The van der Waals surface area contributed by atoms with E-state index in [0.29, 0.717) is 0 Å². The lowest BCUT2D eigenvalue weighted by molar-refractivity contribution is -0.276. The van der Waals surface area contributed by atoms with Gasteiger partial charge in [-0.1, -0.05) is 0 Å². The second-order valence-corrected chi connectivity index (χ2v) is 14.6. The number of hydrogen-bond acceptors (Lipinski definition) is 4. The first-order valence-electron chi connectivity index (χ1n) is 14.2. The smallest absolute Gasteiger partial charge is 0.178 e. The molecule has 1 aromatic rings. The Bertz CT molecular complexity index is 832. The molecule has 0 radical (unpaired) electrons. The van der Waals surface area contributed by atoms with E-state index in [9.17, 15) is 5.11 Å². The normalized spacial score (nSPS) is 49.0. The van der Waals surface area contributed by atoms with Crippen LogP contribution in [0.3, 0.4) is 0 Å². The first-order valence-corrected chi connectivity index (χ1v) is 15.0. The maximum absolute atomic E-state index is 13.7. The van der Waals surface area contributed by atoms with Gasteiger partial charge in [0, 0.05) is 16.2 Å². The molecule has 0 spiro atoms. The number of thiophene rings is 1. The number of fused-ring (bicyclic) bond motifs is 1. The van der Waals surface area contributed by atoms with Crippen LogP contribution in [0.15, 0.2) is 5.38 Å². The molecular formula is C29H40O3S. The molecule has 0 amide bonds. The van der Waals surface area contributed by atoms with Crippen molar-refractivity contribution in [3.05, 3.63) is 10.3 Å². The zero-order valence-corrected chi connectivity index (χ0v) is 20.8. The highest BCUT2D eigenvalue weighted by Gasteiger charge is 2.71. The molecule has 8 aliphatic carbocycles. The Hall–Kier alpha value is -0.740. The molecule has 10 rings (SSSR count). The van der Waals surface area contributed by atoms with Crippen molar-refractivity contribution in [2.75, 3.05) is 13.2 Å². The largest absolute Gasteiger partial charge is 0.489 e. The molecule has 1 aromatic heterocycles. The Balaban J connectivity index is 1.33. The van der Waals surface area contributed by atoms with Gasteiger partial charge in [-0.25, -0.2) is 0 Å². The molecule has 1 aliphatic heterocycles. The van der Waals surface area contributed by atoms with E-state index < -0.39 is 5.60 Å². The second kappa shape index (κ2) is 6.93. The van der Waals surface area contributed by atoms with Gasteiger partial charge in [-0.3, -0.25) is 0 Å². The van der Waals surface area contributed by atoms with Crippen LogP contribution in [0.5, 0.6) is 11.5 Å². The average Bonchev–Trinajstić information content (AvgIpc) is 3.12. The molecule has 0 aromatic carbocycles. The van der Waals surface area contributed by atoms with Crippen molar-refractivity contribution in [2.24, 2.45) is 46.3 Å². The summed E-state index contributed by atoms with van der Waals surface area (Å²) in [6, 6.07) is 0. The molecule has 2 heterocycles. The molecule has 4 heteroatoms. The molecule has 8 bridgehead atoms. The Labute approximate surface area is 202 Å². The zero-order valence-electron chi connectivity index (χ0n) is 20.0. The highest BCUT2D eigenvalue weighted by Crippen LogP contribution is 2.76. The van der Waals surface area contributed by atoms with Gasteiger partial charge in [0.15, 0.2) is 11.5 Å². The average molecular weight is 469 g/mol. The Kier molecular flexibility index (Phi) is 4.30. The van der Waals surface area contributed by atoms with Crippen LogP contribution >= 0.6 is 11.3 Å². The third-order valence-electron chi connectivity index (χ3n) is 11.7. The van der Waals surface area contributed by atoms with Gasteiger partial charge in [0.05, 0.1) is 18.1 Å². The van der Waals surface area contributed by atoms with Gasteiger partial charge in [-0.05, 0) is 125 Å². The first-order chi connectivity index (χ1) is 16.1. The minimum atomic E-state index is -0.743. The van der Waals surface area contributed by atoms with Crippen molar-refractivity contribution in [3.63, 3.8) is 0 Å². The van der Waals surface area contributed by atoms with Crippen LogP contribution < -0.4 is 9.47 Å². The molecule has 33 heavy (non-hydrogen) atoms. The van der Waals surface area contributed by atoms with Crippen LogP contribution in [0.2, 0.25) is 0 Å². The van der Waals surface area contributed by atoms with Crippen LogP contribution in [0, 0.1) is 46.3 Å². The van der Waals surface area contributed by atoms with Crippen molar-refractivity contribution in [2.45, 2.75) is 95.5 Å². The fourth-order valence-corrected chi connectivity index (χ4v) is 12.8. The van der Waals surface area contributed by atoms with Crippen LogP contribution in [0.25, 0.3) is 0 Å². The van der Waals surface area contributed by atoms with Crippen LogP contribution in [0.4, 0.5) is 0 Å². The fraction of sp³-hybridized carbons (Fsp3) is 0.862. The molecule has 1 N–H and O–H groups in total. The van der Waals surface area contributed by atoms with Gasteiger partial charge < -0.3 is 14.6 Å². The van der Waals surface area contributed by atoms with Crippen molar-refractivity contribution in [1.29, 1.82) is 0 Å². The van der Waals surface area contributed by atoms with Gasteiger partial charge in [0.2, 0.25) is 0 Å². The molecule has 0 atom stereocenters. The predicted molar refractivity (Wildman–Crippen MR) is 130 cm³/mol. The lowest BCUT2D eigenvalue weighted by Crippen LogP contribution is -2.66. The Morgan fingerprint density at radius 2 is 1.12 bits per heavy atom. The summed E-state index contributed by atoms with van der Waals surface area (Å²) in [4.78, 5) is 1.18. The van der Waals surface area contributed by atoms with E-state index >= 15 is 0 Å². The van der Waals surface area contributed by atoms with Gasteiger partial charge in [-0.15, -0.1) is 11.3 Å². The monoisotopic (exact) mass is 468 g/mol. The SMILES string of the molecule is OC(c1scc2c1OCCCCO2)(C12CC3CC(CC(C3)C1)C2)C12CC3CC(CC(C3)C1)C2. The quantitative estimate of drug-likeness (QED) is 0.523. The molecule has 8 saturated carbocycles. The maximum Gasteiger partial charge on any atom is 0.178 e. The molecular weight excluding hydrogens is 428 g/mol. The summed E-state index contributed by atoms with van der Waals surface area (Å²) in [5.41, 5.74) is -0.637. The first kappa shape index (κ1) is 20.5. The molecule has 9 aliphatic rings. The van der Waals surface area contributed by atoms with Gasteiger partial charge >= 0.3 is 0 Å². The summed E-state index contributed by atoms with van der Waals surface area (Å²) in [6.45, 7) is 1.54. The van der Waals surface area contributed by atoms with Gasteiger partial charge in [0.1, 0.15) is 5.60 Å². The lowest BCUT2D eigenvalue weighted by Gasteiger charge is -2.70. The van der Waals surface area contributed by atoms with E-state index in [-0.39, 0.29) is 10.8 Å². The van der Waals surface area contributed by atoms with Crippen molar-refractivity contribution in [1.82, 2.24) is 0 Å². The van der Waals surface area contributed by atoms with E-state index in [2.05, 4.69) is 5.38 Å². The molecule has 8 fully saturated rings. The number of ether oxygens (including phenoxy) is 2. The fourth-order valence-electron chi connectivity index (χ4n) is 11.5. The van der Waals surface area contributed by atoms with Crippen molar-refractivity contribution < 1.29 is 14.6 Å². The van der Waals surface area contributed by atoms with Gasteiger partial charge in [0.25, 0.3) is 0 Å². The van der Waals surface area contributed by atoms with E-state index in [1.807, 2.05) is 0 Å². The summed E-state index contributed by atoms with van der Waals surface area (Å²) in [6.07, 6.45) is 18.2. The van der Waals surface area contributed by atoms with Crippen LogP contribution in [-0.4, -0.2) is 18.3 Å². The second-order valence-electron chi connectivity index (χ2n) is 13.8. The molecule has 0 unspecified atom stereocenters. The van der Waals surface area contributed by atoms with E-state index in [1.54, 1.807) is 11.3 Å². The minimum absolute atomic E-state index is 0.0533. The summed E-state index contributed by atoms with van der Waals surface area (Å²) in [5, 5.41) is 15.9. The molecule has 180 valence electrons. The zero-order chi connectivity index (χ0) is 21.8. The summed E-state index contributed by atoms with van der Waals surface area (Å²) in [7, 11) is 0. The van der Waals surface area contributed by atoms with Gasteiger partial charge in [-0.2, -0.15) is 0 Å². The van der Waals surface area contributed by atoms with E-state index in [4.69, 9.17) is 9.47 Å². The number of hydrogen-bond donors (Lipinski definition) is 1. The molecule has 3 nitrogen and oxygen atoms in total. The number of rotatable bonds is 3. The highest BCUT2D eigenvalue weighted by molar-refractivity contribution is 7.10. The summed E-state index contributed by atoms with van der Waals surface area (Å²) in [5.74, 6) is 6.92. The third kappa shape index (κ3) is 2.72. The van der Waals surface area contributed by atoms with Crippen molar-refractivity contribution in [3.8, 4) is 11.5 Å². The summed E-state index contributed by atoms with van der Waals surface area (Å²) >= 11 is 1.79. The maximum atomic E-state index is 13.7. The lowest BCUT2D eigenvalue weighted by atomic mass is 9.36. The van der Waals surface area contributed by atoms with Crippen molar-refractivity contribution >= 4 is 11.3 Å². The Morgan fingerprint density at radius 3 is 1.58 bits per heavy atom. The van der Waals surface area contributed by atoms with E-state index in [1.165, 1.54) is 81.9 Å². The number of aliphatic hydroxyl groups is 1.